The lowest BCUT2D eigenvalue weighted by atomic mass is 10.2. The number of nitrogens with zero attached hydrogens (tertiary/aromatic N) is 3. The van der Waals surface area contributed by atoms with E-state index in [1.165, 1.54) is 29.2 Å². The molecular weight excluding hydrogens is 367 g/mol. The lowest BCUT2D eigenvalue weighted by molar-refractivity contribution is -0.384. The number of carbonyl (C=O) groups is 1. The monoisotopic (exact) mass is 381 g/mol. The van der Waals surface area contributed by atoms with E-state index in [4.69, 9.17) is 4.74 Å². The second kappa shape index (κ2) is 7.22. The van der Waals surface area contributed by atoms with Crippen LogP contribution in [0.2, 0.25) is 0 Å². The molecule has 2 heterocycles. The maximum atomic E-state index is 12.7. The van der Waals surface area contributed by atoms with E-state index in [1.54, 1.807) is 0 Å². The van der Waals surface area contributed by atoms with E-state index < -0.39 is 22.8 Å². The van der Waals surface area contributed by atoms with Gasteiger partial charge in [0.05, 0.1) is 17.0 Å². The fourth-order valence-corrected chi connectivity index (χ4v) is 2.74. The Kier molecular flexibility index (Phi) is 4.98. The van der Waals surface area contributed by atoms with Crippen molar-refractivity contribution < 1.29 is 27.6 Å². The summed E-state index contributed by atoms with van der Waals surface area (Å²) in [7, 11) is 0. The number of benzene rings is 1. The fourth-order valence-electron chi connectivity index (χ4n) is 2.74. The zero-order chi connectivity index (χ0) is 19.6. The molecule has 1 aliphatic heterocycles. The smallest absolute Gasteiger partial charge is 0.416 e. The van der Waals surface area contributed by atoms with E-state index in [0.29, 0.717) is 18.5 Å². The highest BCUT2D eigenvalue weighted by molar-refractivity contribution is 5.94. The molecule has 1 atom stereocenters. The van der Waals surface area contributed by atoms with Crippen LogP contribution in [0.15, 0.2) is 42.6 Å². The highest BCUT2D eigenvalue weighted by Crippen LogP contribution is 2.31. The second-order valence-corrected chi connectivity index (χ2v) is 5.96. The van der Waals surface area contributed by atoms with E-state index in [9.17, 15) is 28.1 Å². The Hall–Kier alpha value is -3.17. The SMILES string of the molecule is O=C(c1ccc([N+](=O)[O-])cc1)N1CCC(Oc2cc(C(F)(F)F)ccn2)C1. The molecule has 0 bridgehead atoms. The zero-order valence-electron chi connectivity index (χ0n) is 13.8. The van der Waals surface area contributed by atoms with Crippen LogP contribution < -0.4 is 4.74 Å². The van der Waals surface area contributed by atoms with Crippen molar-refractivity contribution in [3.8, 4) is 5.88 Å². The van der Waals surface area contributed by atoms with Gasteiger partial charge in [-0.15, -0.1) is 0 Å². The average molecular weight is 381 g/mol. The minimum Gasteiger partial charge on any atom is -0.472 e. The molecule has 0 radical (unpaired) electrons. The first-order valence-electron chi connectivity index (χ1n) is 7.97. The van der Waals surface area contributed by atoms with Crippen molar-refractivity contribution in [2.45, 2.75) is 18.7 Å². The third-order valence-electron chi connectivity index (χ3n) is 4.11. The van der Waals surface area contributed by atoms with Crippen LogP contribution in [0.25, 0.3) is 0 Å². The molecule has 1 saturated heterocycles. The molecule has 1 aromatic heterocycles. The highest BCUT2D eigenvalue weighted by Gasteiger charge is 2.32. The molecule has 1 aromatic carbocycles. The number of likely N-dealkylation sites (tertiary alicyclic amines) is 1. The Balaban J connectivity index is 1.63. The van der Waals surface area contributed by atoms with Gasteiger partial charge in [0, 0.05) is 42.9 Å². The number of hydrogen-bond donors (Lipinski definition) is 0. The van der Waals surface area contributed by atoms with Crippen LogP contribution in [0.5, 0.6) is 5.88 Å². The molecule has 0 spiro atoms. The van der Waals surface area contributed by atoms with Crippen molar-refractivity contribution in [2.75, 3.05) is 13.1 Å². The Bertz CT molecular complexity index is 855. The Morgan fingerprint density at radius 2 is 1.96 bits per heavy atom. The normalized spacial score (nSPS) is 17.0. The minimum atomic E-state index is -4.49. The Labute approximate surface area is 151 Å². The number of carbonyl (C=O) groups excluding carboxylic acids is 1. The molecular formula is C17H14F3N3O4. The molecule has 3 rings (SSSR count). The van der Waals surface area contributed by atoms with Gasteiger partial charge in [-0.3, -0.25) is 14.9 Å². The lowest BCUT2D eigenvalue weighted by Gasteiger charge is -2.17. The minimum absolute atomic E-state index is 0.121. The average Bonchev–Trinajstić information content (AvgIpc) is 3.09. The van der Waals surface area contributed by atoms with Crippen molar-refractivity contribution in [2.24, 2.45) is 0 Å². The zero-order valence-corrected chi connectivity index (χ0v) is 13.8. The fraction of sp³-hybridized carbons (Fsp3) is 0.294. The highest BCUT2D eigenvalue weighted by atomic mass is 19.4. The van der Waals surface area contributed by atoms with Gasteiger partial charge in [-0.1, -0.05) is 0 Å². The first-order chi connectivity index (χ1) is 12.7. The summed E-state index contributed by atoms with van der Waals surface area (Å²) >= 11 is 0. The molecule has 1 amide bonds. The number of nitro benzene ring substituents is 1. The van der Waals surface area contributed by atoms with Gasteiger partial charge in [-0.2, -0.15) is 13.2 Å². The first-order valence-corrected chi connectivity index (χ1v) is 7.97. The molecule has 1 fully saturated rings. The summed E-state index contributed by atoms with van der Waals surface area (Å²) in [6.07, 6.45) is -3.51. The van der Waals surface area contributed by atoms with Gasteiger partial charge in [-0.05, 0) is 18.2 Å². The van der Waals surface area contributed by atoms with E-state index in [-0.39, 0.29) is 24.0 Å². The quantitative estimate of drug-likeness (QED) is 0.599. The number of halogens is 3. The van der Waals surface area contributed by atoms with Crippen molar-refractivity contribution >= 4 is 11.6 Å². The predicted octanol–water partition coefficient (Wildman–Crippen LogP) is 3.30. The van der Waals surface area contributed by atoms with Gasteiger partial charge >= 0.3 is 6.18 Å². The third kappa shape index (κ3) is 4.33. The van der Waals surface area contributed by atoms with E-state index in [0.717, 1.165) is 18.3 Å². The van der Waals surface area contributed by atoms with Crippen LogP contribution >= 0.6 is 0 Å². The molecule has 1 unspecified atom stereocenters. The number of nitro groups is 1. The summed E-state index contributed by atoms with van der Waals surface area (Å²) in [6, 6.07) is 6.88. The summed E-state index contributed by atoms with van der Waals surface area (Å²) in [5.41, 5.74) is -0.687. The van der Waals surface area contributed by atoms with Gasteiger partial charge < -0.3 is 9.64 Å². The molecule has 27 heavy (non-hydrogen) atoms. The number of amides is 1. The van der Waals surface area contributed by atoms with E-state index >= 15 is 0 Å². The van der Waals surface area contributed by atoms with Crippen LogP contribution in [0.1, 0.15) is 22.3 Å². The van der Waals surface area contributed by atoms with Gasteiger partial charge in [0.25, 0.3) is 11.6 Å². The summed E-state index contributed by atoms with van der Waals surface area (Å²) in [5.74, 6) is -0.479. The molecule has 142 valence electrons. The van der Waals surface area contributed by atoms with Crippen LogP contribution in [0.3, 0.4) is 0 Å². The number of aromatic nitrogens is 1. The van der Waals surface area contributed by atoms with Crippen LogP contribution in [0, 0.1) is 10.1 Å². The summed E-state index contributed by atoms with van der Waals surface area (Å²) in [6.45, 7) is 0.549. The molecule has 1 aliphatic rings. The standard InChI is InChI=1S/C17H14F3N3O4/c18-17(19,20)12-5-7-21-15(9-12)27-14-6-8-22(10-14)16(24)11-1-3-13(4-2-11)23(25)26/h1-5,7,9,14H,6,8,10H2. The number of hydrogen-bond acceptors (Lipinski definition) is 5. The van der Waals surface area contributed by atoms with Crippen molar-refractivity contribution in [3.05, 3.63) is 63.8 Å². The summed E-state index contributed by atoms with van der Waals surface area (Å²) < 4.78 is 43.7. The van der Waals surface area contributed by atoms with Crippen LogP contribution in [-0.4, -0.2) is 39.9 Å². The maximum Gasteiger partial charge on any atom is 0.416 e. The number of non-ortho nitro benzene ring substituents is 1. The van der Waals surface area contributed by atoms with Crippen LogP contribution in [0.4, 0.5) is 18.9 Å². The van der Waals surface area contributed by atoms with Gasteiger partial charge in [0.2, 0.25) is 5.88 Å². The van der Waals surface area contributed by atoms with Crippen molar-refractivity contribution in [3.63, 3.8) is 0 Å². The largest absolute Gasteiger partial charge is 0.472 e. The predicted molar refractivity (Wildman–Crippen MR) is 87.3 cm³/mol. The molecule has 0 N–H and O–H groups in total. The van der Waals surface area contributed by atoms with Gasteiger partial charge in [0.1, 0.15) is 6.10 Å². The Morgan fingerprint density at radius 3 is 2.59 bits per heavy atom. The molecule has 2 aromatic rings. The number of rotatable bonds is 4. The molecule has 0 aliphatic carbocycles. The molecule has 0 saturated carbocycles. The second-order valence-electron chi connectivity index (χ2n) is 5.96. The van der Waals surface area contributed by atoms with Gasteiger partial charge in [0.15, 0.2) is 0 Å². The number of pyridine rings is 1. The topological polar surface area (TPSA) is 85.6 Å². The molecule has 7 nitrogen and oxygen atoms in total. The number of ether oxygens (including phenoxy) is 1. The van der Waals surface area contributed by atoms with E-state index in [2.05, 4.69) is 4.98 Å². The first kappa shape index (κ1) is 18.6. The van der Waals surface area contributed by atoms with Gasteiger partial charge in [-0.25, -0.2) is 4.98 Å². The molecule has 10 heteroatoms. The summed E-state index contributed by atoms with van der Waals surface area (Å²) in [4.78, 5) is 27.8. The van der Waals surface area contributed by atoms with E-state index in [1.807, 2.05) is 0 Å². The maximum absolute atomic E-state index is 12.7. The lowest BCUT2D eigenvalue weighted by Crippen LogP contribution is -2.31. The van der Waals surface area contributed by atoms with Crippen molar-refractivity contribution in [1.82, 2.24) is 9.88 Å². The Morgan fingerprint density at radius 1 is 1.26 bits per heavy atom. The summed E-state index contributed by atoms with van der Waals surface area (Å²) in [5, 5.41) is 10.7. The third-order valence-corrected chi connectivity index (χ3v) is 4.11. The van der Waals surface area contributed by atoms with Crippen LogP contribution in [-0.2, 0) is 6.18 Å². The number of alkyl halides is 3. The van der Waals surface area contributed by atoms with Crippen molar-refractivity contribution in [1.29, 1.82) is 0 Å².